The SMILES string of the molecule is CC(=O)Nc1ccc(C(=O)NN=C(C)CC(=O)Nc2ccc3c(c2)OCCO3)cc1. The van der Waals surface area contributed by atoms with Gasteiger partial charge in [0, 0.05) is 35.6 Å². The number of rotatable bonds is 6. The van der Waals surface area contributed by atoms with E-state index in [9.17, 15) is 14.4 Å². The van der Waals surface area contributed by atoms with Crippen LogP contribution in [0.25, 0.3) is 0 Å². The molecule has 2 aromatic carbocycles. The summed E-state index contributed by atoms with van der Waals surface area (Å²) >= 11 is 0. The number of carbonyl (C=O) groups is 3. The maximum absolute atomic E-state index is 12.2. The van der Waals surface area contributed by atoms with E-state index in [4.69, 9.17) is 9.47 Å². The fourth-order valence-electron chi connectivity index (χ4n) is 2.72. The van der Waals surface area contributed by atoms with E-state index in [0.717, 1.165) is 0 Å². The zero-order valence-electron chi connectivity index (χ0n) is 16.7. The first-order valence-corrected chi connectivity index (χ1v) is 9.31. The summed E-state index contributed by atoms with van der Waals surface area (Å²) in [7, 11) is 0. The highest BCUT2D eigenvalue weighted by Gasteiger charge is 2.13. The molecule has 2 aromatic rings. The summed E-state index contributed by atoms with van der Waals surface area (Å²) < 4.78 is 10.9. The smallest absolute Gasteiger partial charge is 0.271 e. The van der Waals surface area contributed by atoms with Crippen molar-refractivity contribution in [2.45, 2.75) is 20.3 Å². The van der Waals surface area contributed by atoms with Crippen LogP contribution in [0.4, 0.5) is 11.4 Å². The molecule has 1 aliphatic heterocycles. The average Bonchev–Trinajstić information content (AvgIpc) is 2.72. The van der Waals surface area contributed by atoms with Gasteiger partial charge in [-0.05, 0) is 43.3 Å². The normalized spacial score (nSPS) is 12.7. The molecule has 0 spiro atoms. The van der Waals surface area contributed by atoms with Crippen LogP contribution in [0.15, 0.2) is 47.6 Å². The van der Waals surface area contributed by atoms with Crippen LogP contribution in [-0.2, 0) is 9.59 Å². The van der Waals surface area contributed by atoms with Crippen LogP contribution in [0.1, 0.15) is 30.6 Å². The topological polar surface area (TPSA) is 118 Å². The molecule has 3 N–H and O–H groups in total. The van der Waals surface area contributed by atoms with E-state index in [2.05, 4.69) is 21.2 Å². The van der Waals surface area contributed by atoms with Gasteiger partial charge >= 0.3 is 0 Å². The molecule has 0 bridgehead atoms. The van der Waals surface area contributed by atoms with E-state index in [-0.39, 0.29) is 18.2 Å². The number of hydrogen-bond donors (Lipinski definition) is 3. The largest absolute Gasteiger partial charge is 0.486 e. The molecule has 1 heterocycles. The molecule has 0 saturated heterocycles. The predicted octanol–water partition coefficient (Wildman–Crippen LogP) is 2.55. The van der Waals surface area contributed by atoms with Gasteiger partial charge < -0.3 is 20.1 Å². The van der Waals surface area contributed by atoms with Crippen molar-refractivity contribution in [3.8, 4) is 11.5 Å². The molecule has 30 heavy (non-hydrogen) atoms. The number of carbonyl (C=O) groups excluding carboxylic acids is 3. The minimum absolute atomic E-state index is 0.0101. The fraction of sp³-hybridized carbons (Fsp3) is 0.238. The number of amides is 3. The number of nitrogens with zero attached hydrogens (tertiary/aromatic N) is 1. The van der Waals surface area contributed by atoms with Crippen LogP contribution < -0.4 is 25.5 Å². The number of hydrazone groups is 1. The number of hydrogen-bond acceptors (Lipinski definition) is 6. The molecule has 156 valence electrons. The van der Waals surface area contributed by atoms with Gasteiger partial charge in [0.05, 0.1) is 6.42 Å². The van der Waals surface area contributed by atoms with Crippen LogP contribution in [-0.4, -0.2) is 36.6 Å². The molecule has 3 rings (SSSR count). The zero-order chi connectivity index (χ0) is 21.5. The Kier molecular flexibility index (Phi) is 6.63. The predicted molar refractivity (Wildman–Crippen MR) is 112 cm³/mol. The minimum Gasteiger partial charge on any atom is -0.486 e. The Hall–Kier alpha value is -3.88. The third kappa shape index (κ3) is 5.81. The number of benzene rings is 2. The highest BCUT2D eigenvalue weighted by molar-refractivity contribution is 6.06. The molecular weight excluding hydrogens is 388 g/mol. The van der Waals surface area contributed by atoms with Gasteiger partial charge in [0.1, 0.15) is 13.2 Å². The van der Waals surface area contributed by atoms with E-state index in [1.807, 2.05) is 0 Å². The van der Waals surface area contributed by atoms with E-state index >= 15 is 0 Å². The Morgan fingerprint density at radius 3 is 2.27 bits per heavy atom. The van der Waals surface area contributed by atoms with E-state index in [1.54, 1.807) is 49.4 Å². The molecule has 9 nitrogen and oxygen atoms in total. The lowest BCUT2D eigenvalue weighted by Crippen LogP contribution is -2.21. The van der Waals surface area contributed by atoms with Crippen molar-refractivity contribution < 1.29 is 23.9 Å². The summed E-state index contributed by atoms with van der Waals surface area (Å²) in [5, 5.41) is 9.35. The molecule has 0 saturated carbocycles. The molecule has 1 aliphatic rings. The highest BCUT2D eigenvalue weighted by Crippen LogP contribution is 2.32. The van der Waals surface area contributed by atoms with Crippen molar-refractivity contribution in [3.05, 3.63) is 48.0 Å². The standard InChI is InChI=1S/C21H22N4O5/c1-13(24-25-21(28)15-3-5-16(6-4-15)22-14(2)26)11-20(27)23-17-7-8-18-19(12-17)30-10-9-29-18/h3-8,12H,9-11H2,1-2H3,(H,22,26)(H,23,27)(H,25,28). The van der Waals surface area contributed by atoms with E-state index < -0.39 is 5.91 Å². The lowest BCUT2D eigenvalue weighted by Gasteiger charge is -2.19. The molecule has 0 aliphatic carbocycles. The summed E-state index contributed by atoms with van der Waals surface area (Å²) in [6, 6.07) is 11.5. The second-order valence-corrected chi connectivity index (χ2v) is 6.63. The molecule has 9 heteroatoms. The number of fused-ring (bicyclic) bond motifs is 1. The fourth-order valence-corrected chi connectivity index (χ4v) is 2.72. The van der Waals surface area contributed by atoms with Gasteiger partial charge in [-0.3, -0.25) is 14.4 Å². The van der Waals surface area contributed by atoms with Gasteiger partial charge in [-0.25, -0.2) is 5.43 Å². The van der Waals surface area contributed by atoms with Crippen molar-refractivity contribution in [3.63, 3.8) is 0 Å². The van der Waals surface area contributed by atoms with Crippen molar-refractivity contribution in [2.75, 3.05) is 23.8 Å². The third-order valence-electron chi connectivity index (χ3n) is 4.06. The molecule has 3 amide bonds. The van der Waals surface area contributed by atoms with Crippen molar-refractivity contribution >= 4 is 34.8 Å². The summed E-state index contributed by atoms with van der Waals surface area (Å²) in [5.74, 6) is 0.339. The second kappa shape index (κ2) is 9.55. The van der Waals surface area contributed by atoms with Gasteiger partial charge in [-0.1, -0.05) is 0 Å². The van der Waals surface area contributed by atoms with Crippen LogP contribution in [0.3, 0.4) is 0 Å². The summed E-state index contributed by atoms with van der Waals surface area (Å²) in [6.07, 6.45) is 0.0101. The molecule has 0 atom stereocenters. The molecule has 0 aromatic heterocycles. The number of ether oxygens (including phenoxy) is 2. The lowest BCUT2D eigenvalue weighted by atomic mass is 10.2. The minimum atomic E-state index is -0.420. The van der Waals surface area contributed by atoms with E-state index in [0.29, 0.717) is 47.4 Å². The Morgan fingerprint density at radius 2 is 1.57 bits per heavy atom. The highest BCUT2D eigenvalue weighted by atomic mass is 16.6. The summed E-state index contributed by atoms with van der Waals surface area (Å²) in [6.45, 7) is 4.01. The van der Waals surface area contributed by atoms with Crippen LogP contribution >= 0.6 is 0 Å². The quantitative estimate of drug-likeness (QED) is 0.500. The van der Waals surface area contributed by atoms with Crippen molar-refractivity contribution in [1.82, 2.24) is 5.43 Å². The van der Waals surface area contributed by atoms with Gasteiger partial charge in [0.25, 0.3) is 5.91 Å². The number of anilines is 2. The molecule has 0 unspecified atom stereocenters. The van der Waals surface area contributed by atoms with E-state index in [1.165, 1.54) is 6.92 Å². The second-order valence-electron chi connectivity index (χ2n) is 6.63. The maximum atomic E-state index is 12.2. The van der Waals surface area contributed by atoms with Gasteiger partial charge in [0.2, 0.25) is 11.8 Å². The van der Waals surface area contributed by atoms with Crippen LogP contribution in [0, 0.1) is 0 Å². The van der Waals surface area contributed by atoms with Crippen LogP contribution in [0.5, 0.6) is 11.5 Å². The van der Waals surface area contributed by atoms with Gasteiger partial charge in [0.15, 0.2) is 11.5 Å². The summed E-state index contributed by atoms with van der Waals surface area (Å²) in [5.41, 5.74) is 4.40. The Bertz CT molecular complexity index is 985. The Balaban J connectivity index is 1.51. The lowest BCUT2D eigenvalue weighted by molar-refractivity contribution is -0.115. The van der Waals surface area contributed by atoms with Crippen molar-refractivity contribution in [1.29, 1.82) is 0 Å². The first-order valence-electron chi connectivity index (χ1n) is 9.31. The molecular formula is C21H22N4O5. The first-order chi connectivity index (χ1) is 14.4. The number of nitrogens with one attached hydrogen (secondary N) is 3. The summed E-state index contributed by atoms with van der Waals surface area (Å²) in [4.78, 5) is 35.4. The zero-order valence-corrected chi connectivity index (χ0v) is 16.7. The van der Waals surface area contributed by atoms with Crippen molar-refractivity contribution in [2.24, 2.45) is 5.10 Å². The molecule has 0 radical (unpaired) electrons. The average molecular weight is 410 g/mol. The van der Waals surface area contributed by atoms with Gasteiger partial charge in [-0.15, -0.1) is 0 Å². The molecule has 0 fully saturated rings. The van der Waals surface area contributed by atoms with Gasteiger partial charge in [-0.2, -0.15) is 5.10 Å². The van der Waals surface area contributed by atoms with Crippen LogP contribution in [0.2, 0.25) is 0 Å². The Labute approximate surface area is 173 Å². The Morgan fingerprint density at radius 1 is 0.900 bits per heavy atom. The first kappa shape index (κ1) is 20.8. The third-order valence-corrected chi connectivity index (χ3v) is 4.06. The maximum Gasteiger partial charge on any atom is 0.271 e. The monoisotopic (exact) mass is 410 g/mol.